The lowest BCUT2D eigenvalue weighted by molar-refractivity contribution is -0.133. The van der Waals surface area contributed by atoms with Crippen LogP contribution in [0.5, 0.6) is 0 Å². The molecular weight excluding hydrogens is 268 g/mol. The number of rotatable bonds is 5. The van der Waals surface area contributed by atoms with Gasteiger partial charge in [0.25, 0.3) is 0 Å². The maximum Gasteiger partial charge on any atom is 0.332 e. The van der Waals surface area contributed by atoms with Gasteiger partial charge in [0, 0.05) is 11.7 Å². The van der Waals surface area contributed by atoms with E-state index in [-0.39, 0.29) is 16.9 Å². The van der Waals surface area contributed by atoms with E-state index in [1.54, 1.807) is 0 Å². The molecule has 0 aromatic carbocycles. The first-order valence-corrected chi connectivity index (χ1v) is 10.2. The van der Waals surface area contributed by atoms with Crippen LogP contribution < -0.4 is 0 Å². The first-order chi connectivity index (χ1) is 8.76. The molecule has 0 aliphatic heterocycles. The monoisotopic (exact) mass is 300 g/mol. The van der Waals surface area contributed by atoms with E-state index in [9.17, 15) is 9.90 Å². The summed E-state index contributed by atoms with van der Waals surface area (Å²) in [5, 5.41) is 9.65. The second kappa shape index (κ2) is 6.90. The van der Waals surface area contributed by atoms with Crippen LogP contribution in [0.25, 0.3) is 0 Å². The number of aliphatic carboxylic acids is 1. The molecule has 118 valence electrons. The van der Waals surface area contributed by atoms with Crippen molar-refractivity contribution in [3.05, 3.63) is 11.1 Å². The molecule has 0 rings (SSSR count). The summed E-state index contributed by atoms with van der Waals surface area (Å²) in [5.41, 5.74) is 0.992. The van der Waals surface area contributed by atoms with Crippen molar-refractivity contribution in [3.63, 3.8) is 0 Å². The van der Waals surface area contributed by atoms with Crippen LogP contribution in [0.3, 0.4) is 0 Å². The average molecular weight is 301 g/mol. The van der Waals surface area contributed by atoms with Gasteiger partial charge in [-0.3, -0.25) is 0 Å². The summed E-state index contributed by atoms with van der Waals surface area (Å²) >= 11 is 0. The molecule has 0 saturated heterocycles. The van der Waals surface area contributed by atoms with Gasteiger partial charge in [0.1, 0.15) is 0 Å². The van der Waals surface area contributed by atoms with Crippen LogP contribution in [0.4, 0.5) is 0 Å². The van der Waals surface area contributed by atoms with E-state index in [1.165, 1.54) is 0 Å². The fourth-order valence-electron chi connectivity index (χ4n) is 2.49. The number of carboxylic acid groups (broad SMARTS) is 1. The summed E-state index contributed by atoms with van der Waals surface area (Å²) in [4.78, 5) is 11.7. The van der Waals surface area contributed by atoms with Crippen molar-refractivity contribution < 1.29 is 14.3 Å². The van der Waals surface area contributed by atoms with Gasteiger partial charge in [0.2, 0.25) is 0 Å². The normalized spacial score (nSPS) is 16.1. The maximum atomic E-state index is 11.7. The molecule has 0 spiro atoms. The molecule has 0 unspecified atom stereocenters. The molecule has 3 nitrogen and oxygen atoms in total. The molecule has 0 fully saturated rings. The van der Waals surface area contributed by atoms with Crippen molar-refractivity contribution in [2.75, 3.05) is 0 Å². The van der Waals surface area contributed by atoms with E-state index in [4.69, 9.17) is 4.43 Å². The van der Waals surface area contributed by atoms with Gasteiger partial charge >= 0.3 is 5.97 Å². The molecule has 20 heavy (non-hydrogen) atoms. The fraction of sp³-hybridized carbons (Fsp3) is 0.812. The Morgan fingerprint density at radius 2 is 1.55 bits per heavy atom. The molecule has 0 bridgehead atoms. The number of carboxylic acids is 1. The Morgan fingerprint density at radius 1 is 1.10 bits per heavy atom. The van der Waals surface area contributed by atoms with Crippen molar-refractivity contribution in [3.8, 4) is 0 Å². The molecule has 1 N–H and O–H groups in total. The average Bonchev–Trinajstić information content (AvgIpc) is 2.10. The van der Waals surface area contributed by atoms with E-state index in [2.05, 4.69) is 33.9 Å². The largest absolute Gasteiger partial charge is 0.478 e. The lowest BCUT2D eigenvalue weighted by Gasteiger charge is -2.33. The minimum atomic E-state index is -1.11. The standard InChI is InChI=1S/C16H32O3Si/c1-11(19-20(8)9)10-12(15(2,3)4)13(14(17)18)16(5,6)7/h11,20H,10H2,1-9H3,(H,17,18)/t11-/m0/s1. The molecule has 0 aliphatic rings. The third kappa shape index (κ3) is 6.22. The van der Waals surface area contributed by atoms with Crippen molar-refractivity contribution in [2.45, 2.75) is 74.1 Å². The maximum absolute atomic E-state index is 11.7. The molecule has 0 saturated carbocycles. The Labute approximate surface area is 126 Å². The van der Waals surface area contributed by atoms with Crippen LogP contribution in [0.1, 0.15) is 54.9 Å². The second-order valence-corrected chi connectivity index (χ2v) is 10.2. The summed E-state index contributed by atoms with van der Waals surface area (Å²) in [7, 11) is -1.11. The zero-order valence-corrected chi connectivity index (χ0v) is 15.8. The topological polar surface area (TPSA) is 46.5 Å². The molecule has 0 aliphatic carbocycles. The third-order valence-corrected chi connectivity index (χ3v) is 4.18. The Hall–Kier alpha value is -0.613. The summed E-state index contributed by atoms with van der Waals surface area (Å²) in [6.45, 7) is 18.4. The zero-order chi connectivity index (χ0) is 16.3. The summed E-state index contributed by atoms with van der Waals surface area (Å²) in [6.07, 6.45) is 0.765. The van der Waals surface area contributed by atoms with Crippen molar-refractivity contribution in [1.82, 2.24) is 0 Å². The smallest absolute Gasteiger partial charge is 0.332 e. The van der Waals surface area contributed by atoms with Gasteiger partial charge in [0.15, 0.2) is 9.04 Å². The Balaban J connectivity index is 5.71. The Morgan fingerprint density at radius 3 is 1.80 bits per heavy atom. The van der Waals surface area contributed by atoms with Crippen molar-refractivity contribution in [2.24, 2.45) is 10.8 Å². The molecule has 4 heteroatoms. The zero-order valence-electron chi connectivity index (χ0n) is 14.6. The van der Waals surface area contributed by atoms with Gasteiger partial charge in [0.05, 0.1) is 0 Å². The molecule has 0 heterocycles. The highest BCUT2D eigenvalue weighted by atomic mass is 28.3. The molecule has 1 atom stereocenters. The van der Waals surface area contributed by atoms with Gasteiger partial charge in [-0.1, -0.05) is 47.1 Å². The SMILES string of the molecule is C[C@@H](CC(=C(C(=O)O)C(C)(C)C)C(C)(C)C)O[SiH](C)C. The van der Waals surface area contributed by atoms with E-state index >= 15 is 0 Å². The minimum absolute atomic E-state index is 0.0765. The van der Waals surface area contributed by atoms with Crippen LogP contribution in [-0.2, 0) is 9.22 Å². The summed E-state index contributed by atoms with van der Waals surface area (Å²) in [6, 6.07) is 0. The van der Waals surface area contributed by atoms with Crippen LogP contribution in [0.2, 0.25) is 13.1 Å². The molecule has 0 aromatic heterocycles. The highest BCUT2D eigenvalue weighted by Gasteiger charge is 2.33. The van der Waals surface area contributed by atoms with Gasteiger partial charge < -0.3 is 9.53 Å². The van der Waals surface area contributed by atoms with Gasteiger partial charge in [-0.2, -0.15) is 0 Å². The number of hydrogen-bond acceptors (Lipinski definition) is 2. The van der Waals surface area contributed by atoms with E-state index in [0.717, 1.165) is 5.57 Å². The first kappa shape index (κ1) is 19.4. The highest BCUT2D eigenvalue weighted by Crippen LogP contribution is 2.39. The predicted molar refractivity (Wildman–Crippen MR) is 87.6 cm³/mol. The summed E-state index contributed by atoms with van der Waals surface area (Å²) in [5.74, 6) is -0.809. The number of carbonyl (C=O) groups is 1. The van der Waals surface area contributed by atoms with Gasteiger partial charge in [-0.25, -0.2) is 4.79 Å². The fourth-order valence-corrected chi connectivity index (χ4v) is 3.51. The Bertz CT molecular complexity index is 370. The van der Waals surface area contributed by atoms with Crippen LogP contribution in [0, 0.1) is 10.8 Å². The number of hydrogen-bond donors (Lipinski definition) is 1. The van der Waals surface area contributed by atoms with E-state index in [0.29, 0.717) is 12.0 Å². The third-order valence-electron chi connectivity index (χ3n) is 3.17. The van der Waals surface area contributed by atoms with Crippen LogP contribution in [-0.4, -0.2) is 26.2 Å². The lowest BCUT2D eigenvalue weighted by atomic mass is 9.73. The molecule has 0 amide bonds. The van der Waals surface area contributed by atoms with Crippen molar-refractivity contribution in [1.29, 1.82) is 0 Å². The second-order valence-electron chi connectivity index (χ2n) is 7.86. The summed E-state index contributed by atoms with van der Waals surface area (Å²) < 4.78 is 5.93. The van der Waals surface area contributed by atoms with E-state index < -0.39 is 15.0 Å². The van der Waals surface area contributed by atoms with Crippen LogP contribution >= 0.6 is 0 Å². The van der Waals surface area contributed by atoms with Gasteiger partial charge in [-0.15, -0.1) is 0 Å². The molecule has 0 radical (unpaired) electrons. The predicted octanol–water partition coefficient (Wildman–Crippen LogP) is 4.24. The molecular formula is C16H32O3Si. The Kier molecular flexibility index (Phi) is 6.69. The highest BCUT2D eigenvalue weighted by molar-refractivity contribution is 6.48. The lowest BCUT2D eigenvalue weighted by Crippen LogP contribution is -2.28. The molecule has 0 aromatic rings. The van der Waals surface area contributed by atoms with Crippen LogP contribution in [0.15, 0.2) is 11.1 Å². The quantitative estimate of drug-likeness (QED) is 0.610. The van der Waals surface area contributed by atoms with E-state index in [1.807, 2.05) is 27.7 Å². The first-order valence-electron chi connectivity index (χ1n) is 7.39. The minimum Gasteiger partial charge on any atom is -0.478 e. The van der Waals surface area contributed by atoms with Crippen molar-refractivity contribution >= 4 is 15.0 Å². The van der Waals surface area contributed by atoms with Gasteiger partial charge in [-0.05, 0) is 37.3 Å².